The summed E-state index contributed by atoms with van der Waals surface area (Å²) in [5.41, 5.74) is -0.180. The quantitative estimate of drug-likeness (QED) is 0.943. The molecule has 0 atom stereocenters. The van der Waals surface area contributed by atoms with Crippen LogP contribution in [-0.2, 0) is 0 Å². The molecule has 1 aromatic carbocycles. The maximum absolute atomic E-state index is 12.8. The van der Waals surface area contributed by atoms with E-state index in [1.54, 1.807) is 0 Å². The van der Waals surface area contributed by atoms with Gasteiger partial charge in [0.2, 0.25) is 5.88 Å². The number of hydrogen-bond acceptors (Lipinski definition) is 4. The van der Waals surface area contributed by atoms with Crippen LogP contribution in [0.3, 0.4) is 0 Å². The predicted octanol–water partition coefficient (Wildman–Crippen LogP) is 2.87. The smallest absolute Gasteiger partial charge is 0.356 e. The van der Waals surface area contributed by atoms with Gasteiger partial charge < -0.3 is 9.84 Å². The van der Waals surface area contributed by atoms with E-state index >= 15 is 0 Å². The SMILES string of the molecule is O=C(O)c1cnc(Oc2ccc(F)cc2Br)cn1. The molecule has 7 heteroatoms. The molecule has 1 aromatic heterocycles. The van der Waals surface area contributed by atoms with Crippen molar-refractivity contribution in [1.82, 2.24) is 9.97 Å². The number of rotatable bonds is 3. The van der Waals surface area contributed by atoms with Crippen LogP contribution < -0.4 is 4.74 Å². The van der Waals surface area contributed by atoms with Gasteiger partial charge in [0, 0.05) is 0 Å². The van der Waals surface area contributed by atoms with Crippen molar-refractivity contribution in [3.8, 4) is 11.6 Å². The van der Waals surface area contributed by atoms with Crippen molar-refractivity contribution < 1.29 is 19.0 Å². The summed E-state index contributed by atoms with van der Waals surface area (Å²) in [5, 5.41) is 8.65. The van der Waals surface area contributed by atoms with Crippen LogP contribution in [0.4, 0.5) is 4.39 Å². The Morgan fingerprint density at radius 3 is 2.67 bits per heavy atom. The van der Waals surface area contributed by atoms with Crippen molar-refractivity contribution in [3.63, 3.8) is 0 Å². The minimum Gasteiger partial charge on any atom is -0.476 e. The molecular weight excluding hydrogens is 307 g/mol. The van der Waals surface area contributed by atoms with Gasteiger partial charge in [0.05, 0.1) is 16.9 Å². The number of nitrogens with zero attached hydrogens (tertiary/aromatic N) is 2. The number of ether oxygens (including phenoxy) is 1. The Kier molecular flexibility index (Phi) is 3.52. The first-order valence-electron chi connectivity index (χ1n) is 4.74. The summed E-state index contributed by atoms with van der Waals surface area (Å²) in [6, 6.07) is 3.90. The second-order valence-corrected chi connectivity index (χ2v) is 4.08. The van der Waals surface area contributed by atoms with Crippen molar-refractivity contribution in [2.75, 3.05) is 0 Å². The molecule has 92 valence electrons. The third kappa shape index (κ3) is 2.80. The third-order valence-corrected chi connectivity index (χ3v) is 2.58. The summed E-state index contributed by atoms with van der Waals surface area (Å²) in [6.45, 7) is 0. The Bertz CT molecular complexity index is 589. The second-order valence-electron chi connectivity index (χ2n) is 3.22. The number of carboxylic acids is 1. The van der Waals surface area contributed by atoms with Gasteiger partial charge in [-0.3, -0.25) is 0 Å². The molecule has 0 aliphatic carbocycles. The maximum atomic E-state index is 12.8. The van der Waals surface area contributed by atoms with Crippen LogP contribution in [0.25, 0.3) is 0 Å². The molecule has 0 fully saturated rings. The first-order valence-corrected chi connectivity index (χ1v) is 5.54. The minimum absolute atomic E-state index is 0.118. The highest BCUT2D eigenvalue weighted by atomic mass is 79.9. The average Bonchev–Trinajstić information content (AvgIpc) is 2.33. The van der Waals surface area contributed by atoms with E-state index in [4.69, 9.17) is 9.84 Å². The van der Waals surface area contributed by atoms with E-state index in [9.17, 15) is 9.18 Å². The lowest BCUT2D eigenvalue weighted by molar-refractivity contribution is 0.0690. The molecule has 0 bridgehead atoms. The topological polar surface area (TPSA) is 72.3 Å². The van der Waals surface area contributed by atoms with Gasteiger partial charge in [-0.25, -0.2) is 19.2 Å². The van der Waals surface area contributed by atoms with Gasteiger partial charge in [-0.1, -0.05) is 0 Å². The molecule has 0 unspecified atom stereocenters. The highest BCUT2D eigenvalue weighted by molar-refractivity contribution is 9.10. The molecule has 2 rings (SSSR count). The van der Waals surface area contributed by atoms with Crippen molar-refractivity contribution in [1.29, 1.82) is 0 Å². The number of carboxylic acid groups (broad SMARTS) is 1. The van der Waals surface area contributed by atoms with Crippen molar-refractivity contribution in [2.45, 2.75) is 0 Å². The molecule has 0 amide bonds. The lowest BCUT2D eigenvalue weighted by Crippen LogP contribution is -2.01. The van der Waals surface area contributed by atoms with Crippen LogP contribution in [0.1, 0.15) is 10.5 Å². The Morgan fingerprint density at radius 2 is 2.11 bits per heavy atom. The van der Waals surface area contributed by atoms with Gasteiger partial charge in [-0.15, -0.1) is 0 Å². The van der Waals surface area contributed by atoms with Gasteiger partial charge in [-0.2, -0.15) is 0 Å². The largest absolute Gasteiger partial charge is 0.476 e. The standard InChI is InChI=1S/C11H6BrFN2O3/c12-7-3-6(13)1-2-9(7)18-10-5-14-8(4-15-10)11(16)17/h1-5H,(H,16,17). The summed E-state index contributed by atoms with van der Waals surface area (Å²) in [6.07, 6.45) is 2.26. The highest BCUT2D eigenvalue weighted by Crippen LogP contribution is 2.28. The lowest BCUT2D eigenvalue weighted by atomic mass is 10.3. The first-order chi connectivity index (χ1) is 8.56. The van der Waals surface area contributed by atoms with Crippen LogP contribution in [0, 0.1) is 5.82 Å². The molecule has 1 N–H and O–H groups in total. The second kappa shape index (κ2) is 5.09. The fourth-order valence-electron chi connectivity index (χ4n) is 1.15. The minimum atomic E-state index is -1.17. The first kappa shape index (κ1) is 12.4. The molecule has 0 saturated heterocycles. The average molecular weight is 313 g/mol. The normalized spacial score (nSPS) is 10.1. The van der Waals surface area contributed by atoms with E-state index in [0.717, 1.165) is 6.20 Å². The number of aromatic carboxylic acids is 1. The van der Waals surface area contributed by atoms with Gasteiger partial charge in [0.25, 0.3) is 0 Å². The fourth-order valence-corrected chi connectivity index (χ4v) is 1.58. The summed E-state index contributed by atoms with van der Waals surface area (Å²) < 4.78 is 18.6. The van der Waals surface area contributed by atoms with E-state index in [-0.39, 0.29) is 11.6 Å². The van der Waals surface area contributed by atoms with Crippen LogP contribution in [-0.4, -0.2) is 21.0 Å². The molecule has 5 nitrogen and oxygen atoms in total. The van der Waals surface area contributed by atoms with E-state index in [1.807, 2.05) is 0 Å². The zero-order chi connectivity index (χ0) is 13.1. The molecular formula is C11H6BrFN2O3. The van der Waals surface area contributed by atoms with Crippen LogP contribution in [0.5, 0.6) is 11.6 Å². The van der Waals surface area contributed by atoms with Gasteiger partial charge in [-0.05, 0) is 34.1 Å². The third-order valence-electron chi connectivity index (χ3n) is 1.96. The van der Waals surface area contributed by atoms with Gasteiger partial charge >= 0.3 is 5.97 Å². The molecule has 2 aromatic rings. The zero-order valence-electron chi connectivity index (χ0n) is 8.80. The molecule has 0 aliphatic rings. The van der Waals surface area contributed by atoms with Crippen molar-refractivity contribution in [3.05, 3.63) is 46.6 Å². The van der Waals surface area contributed by atoms with Crippen LogP contribution >= 0.6 is 15.9 Å². The summed E-state index contributed by atoms with van der Waals surface area (Å²) in [4.78, 5) is 18.0. The van der Waals surface area contributed by atoms with E-state index in [1.165, 1.54) is 24.4 Å². The van der Waals surface area contributed by atoms with E-state index in [2.05, 4.69) is 25.9 Å². The molecule has 18 heavy (non-hydrogen) atoms. The Hall–Kier alpha value is -2.02. The van der Waals surface area contributed by atoms with Gasteiger partial charge in [0.1, 0.15) is 11.6 Å². The Morgan fingerprint density at radius 1 is 1.33 bits per heavy atom. The Labute approximate surface area is 109 Å². The number of carbonyl (C=O) groups is 1. The predicted molar refractivity (Wildman–Crippen MR) is 63.2 cm³/mol. The van der Waals surface area contributed by atoms with E-state index < -0.39 is 11.8 Å². The molecule has 0 saturated carbocycles. The summed E-state index contributed by atoms with van der Waals surface area (Å²) in [7, 11) is 0. The van der Waals surface area contributed by atoms with Crippen molar-refractivity contribution in [2.24, 2.45) is 0 Å². The van der Waals surface area contributed by atoms with Crippen LogP contribution in [0.2, 0.25) is 0 Å². The molecule has 0 spiro atoms. The number of halogens is 2. The number of hydrogen-bond donors (Lipinski definition) is 1. The summed E-state index contributed by atoms with van der Waals surface area (Å²) >= 11 is 3.13. The summed E-state index contributed by atoms with van der Waals surface area (Å²) in [5.74, 6) is -1.10. The maximum Gasteiger partial charge on any atom is 0.356 e. The van der Waals surface area contributed by atoms with Crippen LogP contribution in [0.15, 0.2) is 35.1 Å². The zero-order valence-corrected chi connectivity index (χ0v) is 10.4. The highest BCUT2D eigenvalue weighted by Gasteiger charge is 2.08. The lowest BCUT2D eigenvalue weighted by Gasteiger charge is -2.06. The molecule has 0 radical (unpaired) electrons. The van der Waals surface area contributed by atoms with Crippen molar-refractivity contribution >= 4 is 21.9 Å². The van der Waals surface area contributed by atoms with E-state index in [0.29, 0.717) is 10.2 Å². The molecule has 0 aliphatic heterocycles. The Balaban J connectivity index is 2.21. The monoisotopic (exact) mass is 312 g/mol. The number of benzene rings is 1. The molecule has 1 heterocycles. The van der Waals surface area contributed by atoms with Gasteiger partial charge in [0.15, 0.2) is 5.69 Å². The fraction of sp³-hybridized carbons (Fsp3) is 0. The number of aromatic nitrogens is 2.